The minimum atomic E-state index is -0.844. The molecule has 1 amide bonds. The Bertz CT molecular complexity index is 877. The van der Waals surface area contributed by atoms with Gasteiger partial charge in [-0.1, -0.05) is 61.0 Å². The number of benzene rings is 2. The number of esters is 1. The van der Waals surface area contributed by atoms with Crippen molar-refractivity contribution in [1.82, 2.24) is 5.32 Å². The largest absolute Gasteiger partial charge is 0.465 e. The normalized spacial score (nSPS) is 18.6. The third-order valence-electron chi connectivity index (χ3n) is 5.75. The van der Waals surface area contributed by atoms with Crippen LogP contribution in [0.2, 0.25) is 0 Å². The first-order valence-corrected chi connectivity index (χ1v) is 10.7. The molecule has 0 bridgehead atoms. The molecule has 5 heteroatoms. The van der Waals surface area contributed by atoms with Gasteiger partial charge in [-0.05, 0) is 49.3 Å². The lowest BCUT2D eigenvalue weighted by molar-refractivity contribution is -0.152. The van der Waals surface area contributed by atoms with Crippen LogP contribution >= 0.6 is 0 Å². The van der Waals surface area contributed by atoms with E-state index in [9.17, 15) is 9.59 Å². The van der Waals surface area contributed by atoms with Crippen LogP contribution in [-0.4, -0.2) is 24.2 Å². The maximum absolute atomic E-state index is 12.7. The lowest BCUT2D eigenvalue weighted by Crippen LogP contribution is -2.44. The fraction of sp³-hybridized carbons (Fsp3) is 0.400. The van der Waals surface area contributed by atoms with Crippen LogP contribution < -0.4 is 5.32 Å². The van der Waals surface area contributed by atoms with Crippen LogP contribution in [0.3, 0.4) is 0 Å². The van der Waals surface area contributed by atoms with Crippen molar-refractivity contribution in [1.29, 1.82) is 5.41 Å². The fourth-order valence-corrected chi connectivity index (χ4v) is 4.05. The molecule has 1 atom stereocenters. The van der Waals surface area contributed by atoms with Gasteiger partial charge in [0.2, 0.25) is 5.91 Å². The molecule has 0 spiro atoms. The Morgan fingerprint density at radius 3 is 2.37 bits per heavy atom. The predicted molar refractivity (Wildman–Crippen MR) is 117 cm³/mol. The first-order valence-electron chi connectivity index (χ1n) is 10.7. The molecular formula is C25H30N2O3. The summed E-state index contributed by atoms with van der Waals surface area (Å²) in [7, 11) is 0. The number of hydrogen-bond donors (Lipinski definition) is 2. The van der Waals surface area contributed by atoms with Crippen molar-refractivity contribution in [3.8, 4) is 0 Å². The van der Waals surface area contributed by atoms with Gasteiger partial charge in [0.15, 0.2) is 0 Å². The van der Waals surface area contributed by atoms with E-state index in [0.717, 1.165) is 29.5 Å². The van der Waals surface area contributed by atoms with Gasteiger partial charge in [-0.2, -0.15) is 0 Å². The first kappa shape index (κ1) is 21.8. The van der Waals surface area contributed by atoms with Crippen molar-refractivity contribution in [2.45, 2.75) is 52.0 Å². The molecule has 2 aromatic rings. The van der Waals surface area contributed by atoms with Crippen LogP contribution in [0.5, 0.6) is 0 Å². The van der Waals surface area contributed by atoms with Crippen molar-refractivity contribution in [2.24, 2.45) is 5.41 Å². The van der Waals surface area contributed by atoms with Crippen molar-refractivity contribution in [3.63, 3.8) is 0 Å². The number of ether oxygens (including phenoxy) is 1. The Morgan fingerprint density at radius 1 is 1.00 bits per heavy atom. The predicted octanol–water partition coefficient (Wildman–Crippen LogP) is 4.23. The van der Waals surface area contributed by atoms with Crippen molar-refractivity contribution in [2.75, 3.05) is 6.61 Å². The topological polar surface area (TPSA) is 79.2 Å². The number of carbonyl (C=O) groups excluding carboxylic acids is 2. The summed E-state index contributed by atoms with van der Waals surface area (Å²) in [4.78, 5) is 25.0. The van der Waals surface area contributed by atoms with Gasteiger partial charge in [0.25, 0.3) is 0 Å². The first-order chi connectivity index (χ1) is 14.5. The second-order valence-corrected chi connectivity index (χ2v) is 7.92. The van der Waals surface area contributed by atoms with Gasteiger partial charge in [0, 0.05) is 12.3 Å². The van der Waals surface area contributed by atoms with Crippen LogP contribution in [0.25, 0.3) is 0 Å². The molecule has 2 aromatic carbocycles. The zero-order valence-corrected chi connectivity index (χ0v) is 17.6. The quantitative estimate of drug-likeness (QED) is 0.644. The average molecular weight is 407 g/mol. The monoisotopic (exact) mass is 406 g/mol. The van der Waals surface area contributed by atoms with Crippen LogP contribution in [0, 0.1) is 10.8 Å². The number of rotatable bonds is 8. The molecule has 0 aromatic heterocycles. The highest BCUT2D eigenvalue weighted by Gasteiger charge is 2.45. The van der Waals surface area contributed by atoms with Crippen LogP contribution in [-0.2, 0) is 33.7 Å². The maximum atomic E-state index is 12.7. The molecule has 1 aliphatic rings. The van der Waals surface area contributed by atoms with Gasteiger partial charge in [-0.15, -0.1) is 0 Å². The van der Waals surface area contributed by atoms with Gasteiger partial charge in [0.1, 0.15) is 5.41 Å². The zero-order chi connectivity index (χ0) is 21.4. The standard InChI is InChI=1S/C25H30N2O3/c1-2-30-24(29)25(15-7-6-10-22(25)26)17-20-13-11-19(12-14-20)16-23(28)27-18-21-8-4-3-5-9-21/h3-5,8-9,11-14,26H,2,6-7,10,15-18H2,1H3,(H,27,28). The minimum absolute atomic E-state index is 0.0244. The summed E-state index contributed by atoms with van der Waals surface area (Å²) in [5.74, 6) is -0.303. The summed E-state index contributed by atoms with van der Waals surface area (Å²) in [6, 6.07) is 17.6. The highest BCUT2D eigenvalue weighted by atomic mass is 16.5. The highest BCUT2D eigenvalue weighted by Crippen LogP contribution is 2.38. The molecule has 158 valence electrons. The summed E-state index contributed by atoms with van der Waals surface area (Å²) in [6.45, 7) is 2.64. The van der Waals surface area contributed by atoms with Crippen LogP contribution in [0.15, 0.2) is 54.6 Å². The number of amides is 1. The van der Waals surface area contributed by atoms with E-state index >= 15 is 0 Å². The molecule has 2 N–H and O–H groups in total. The van der Waals surface area contributed by atoms with Crippen LogP contribution in [0.1, 0.15) is 49.3 Å². The highest BCUT2D eigenvalue weighted by molar-refractivity contribution is 6.06. The third-order valence-corrected chi connectivity index (χ3v) is 5.75. The van der Waals surface area contributed by atoms with Gasteiger partial charge in [0.05, 0.1) is 13.0 Å². The maximum Gasteiger partial charge on any atom is 0.318 e. The molecule has 0 aliphatic heterocycles. The Kier molecular flexibility index (Phi) is 7.39. The van der Waals surface area contributed by atoms with E-state index in [0.29, 0.717) is 44.5 Å². The summed E-state index contributed by atoms with van der Waals surface area (Å²) in [5, 5.41) is 11.4. The molecule has 1 aliphatic carbocycles. The van der Waals surface area contributed by atoms with Crippen molar-refractivity contribution in [3.05, 3.63) is 71.3 Å². The van der Waals surface area contributed by atoms with E-state index < -0.39 is 5.41 Å². The number of hydrogen-bond acceptors (Lipinski definition) is 4. The van der Waals surface area contributed by atoms with Crippen LogP contribution in [0.4, 0.5) is 0 Å². The Hall–Kier alpha value is -2.95. The summed E-state index contributed by atoms with van der Waals surface area (Å²) in [6.07, 6.45) is 3.99. The summed E-state index contributed by atoms with van der Waals surface area (Å²) in [5.41, 5.74) is 2.62. The Labute approximate surface area is 178 Å². The van der Waals surface area contributed by atoms with Gasteiger partial charge in [-0.3, -0.25) is 9.59 Å². The fourth-order valence-electron chi connectivity index (χ4n) is 4.05. The third kappa shape index (κ3) is 5.35. The molecule has 0 heterocycles. The number of carbonyl (C=O) groups is 2. The van der Waals surface area contributed by atoms with Gasteiger partial charge in [-0.25, -0.2) is 0 Å². The zero-order valence-electron chi connectivity index (χ0n) is 17.6. The lowest BCUT2D eigenvalue weighted by Gasteiger charge is -2.35. The number of nitrogens with one attached hydrogen (secondary N) is 2. The molecule has 5 nitrogen and oxygen atoms in total. The van der Waals surface area contributed by atoms with E-state index in [2.05, 4.69) is 5.32 Å². The molecule has 0 radical (unpaired) electrons. The van der Waals surface area contributed by atoms with E-state index in [4.69, 9.17) is 10.1 Å². The summed E-state index contributed by atoms with van der Waals surface area (Å²) < 4.78 is 5.33. The van der Waals surface area contributed by atoms with E-state index in [1.54, 1.807) is 6.92 Å². The SMILES string of the molecule is CCOC(=O)C1(Cc2ccc(CC(=O)NCc3ccccc3)cc2)CCCCC1=N. The molecule has 1 unspecified atom stereocenters. The van der Waals surface area contributed by atoms with E-state index in [1.807, 2.05) is 54.6 Å². The second kappa shape index (κ2) is 10.2. The second-order valence-electron chi connectivity index (χ2n) is 7.92. The molecule has 1 saturated carbocycles. The van der Waals surface area contributed by atoms with Crippen molar-refractivity contribution >= 4 is 17.6 Å². The van der Waals surface area contributed by atoms with Gasteiger partial charge >= 0.3 is 5.97 Å². The minimum Gasteiger partial charge on any atom is -0.465 e. The summed E-state index contributed by atoms with van der Waals surface area (Å²) >= 11 is 0. The van der Waals surface area contributed by atoms with E-state index in [1.165, 1.54) is 0 Å². The molecule has 30 heavy (non-hydrogen) atoms. The average Bonchev–Trinajstić information content (AvgIpc) is 2.76. The Balaban J connectivity index is 1.62. The smallest absolute Gasteiger partial charge is 0.318 e. The van der Waals surface area contributed by atoms with Crippen molar-refractivity contribution < 1.29 is 14.3 Å². The van der Waals surface area contributed by atoms with Gasteiger partial charge < -0.3 is 15.5 Å². The molecular weight excluding hydrogens is 376 g/mol. The lowest BCUT2D eigenvalue weighted by atomic mass is 9.69. The molecule has 0 saturated heterocycles. The molecule has 1 fully saturated rings. The van der Waals surface area contributed by atoms with E-state index in [-0.39, 0.29) is 11.9 Å². The molecule has 3 rings (SSSR count). The Morgan fingerprint density at radius 2 is 1.70 bits per heavy atom.